The molecule has 268 valence electrons. The van der Waals surface area contributed by atoms with Gasteiger partial charge in [-0.2, -0.15) is 0 Å². The highest BCUT2D eigenvalue weighted by Gasteiger charge is 2.49. The molecule has 11 rings (SSSR count). The van der Waals surface area contributed by atoms with Gasteiger partial charge >= 0.3 is 0 Å². The standard InChI is InChI=1S/C53H40N2O/c1-4-16-37(17-5-1)43-24-10-12-26-46(43)55(41-22-8-3-9-23-41)48-28-15-19-39-33-35-53(52(39)48)34-32-38-18-14-27-47(51(38)53)54(40-20-6-2-7-21-40)42-30-31-50-45(36-42)44-25-11-13-29-49(44)56-50/h1-31,36H,32-35H2/t53-/m1/s1. The zero-order valence-electron chi connectivity index (χ0n) is 31.1. The molecule has 3 nitrogen and oxygen atoms in total. The predicted molar refractivity (Wildman–Crippen MR) is 232 cm³/mol. The number of fused-ring (bicyclic) bond motifs is 7. The molecule has 0 fully saturated rings. The van der Waals surface area contributed by atoms with Crippen molar-refractivity contribution in [2.24, 2.45) is 0 Å². The molecule has 9 aromatic rings. The largest absolute Gasteiger partial charge is 0.456 e. The van der Waals surface area contributed by atoms with Crippen LogP contribution in [0.1, 0.15) is 35.1 Å². The molecule has 0 unspecified atom stereocenters. The Bertz CT molecular complexity index is 2880. The van der Waals surface area contributed by atoms with Crippen LogP contribution >= 0.6 is 0 Å². The van der Waals surface area contributed by atoms with Gasteiger partial charge in [-0.3, -0.25) is 0 Å². The molecule has 2 aliphatic carbocycles. The van der Waals surface area contributed by atoms with Crippen molar-refractivity contribution < 1.29 is 4.42 Å². The lowest BCUT2D eigenvalue weighted by atomic mass is 9.74. The molecule has 1 atom stereocenters. The Morgan fingerprint density at radius 1 is 0.393 bits per heavy atom. The van der Waals surface area contributed by atoms with Crippen molar-refractivity contribution in [2.75, 3.05) is 9.80 Å². The summed E-state index contributed by atoms with van der Waals surface area (Å²) in [7, 11) is 0. The van der Waals surface area contributed by atoms with Gasteiger partial charge in [-0.1, -0.05) is 127 Å². The first-order valence-corrected chi connectivity index (χ1v) is 19.8. The number of rotatable bonds is 7. The first-order chi connectivity index (χ1) is 27.8. The fourth-order valence-corrected chi connectivity index (χ4v) is 9.89. The van der Waals surface area contributed by atoms with Crippen molar-refractivity contribution in [3.8, 4) is 11.1 Å². The minimum Gasteiger partial charge on any atom is -0.456 e. The Morgan fingerprint density at radius 2 is 0.929 bits per heavy atom. The number of aryl methyl sites for hydroxylation is 2. The number of hydrogen-bond donors (Lipinski definition) is 0. The van der Waals surface area contributed by atoms with E-state index in [1.807, 2.05) is 6.07 Å². The van der Waals surface area contributed by atoms with Crippen molar-refractivity contribution in [3.63, 3.8) is 0 Å². The van der Waals surface area contributed by atoms with E-state index in [-0.39, 0.29) is 5.41 Å². The zero-order chi connectivity index (χ0) is 37.1. The molecule has 0 radical (unpaired) electrons. The quantitative estimate of drug-likeness (QED) is 0.163. The Balaban J connectivity index is 1.14. The van der Waals surface area contributed by atoms with Crippen LogP contribution in [0.4, 0.5) is 34.1 Å². The molecular weight excluding hydrogens is 681 g/mol. The van der Waals surface area contributed by atoms with Gasteiger partial charge in [-0.15, -0.1) is 0 Å². The van der Waals surface area contributed by atoms with Crippen LogP contribution in [-0.4, -0.2) is 0 Å². The molecule has 1 heterocycles. The molecule has 1 spiro atoms. The lowest BCUT2D eigenvalue weighted by Gasteiger charge is -2.37. The Kier molecular flexibility index (Phi) is 7.67. The Labute approximate surface area is 327 Å². The number of nitrogens with zero attached hydrogens (tertiary/aromatic N) is 2. The van der Waals surface area contributed by atoms with E-state index >= 15 is 0 Å². The number of para-hydroxylation sites is 4. The van der Waals surface area contributed by atoms with Gasteiger partial charge in [0.15, 0.2) is 0 Å². The van der Waals surface area contributed by atoms with Crippen molar-refractivity contribution in [2.45, 2.75) is 31.1 Å². The highest BCUT2D eigenvalue weighted by atomic mass is 16.3. The minimum absolute atomic E-state index is 0.175. The summed E-state index contributed by atoms with van der Waals surface area (Å²) in [4.78, 5) is 5.02. The van der Waals surface area contributed by atoms with Crippen LogP contribution in [0.5, 0.6) is 0 Å². The summed E-state index contributed by atoms with van der Waals surface area (Å²) in [5.41, 5.74) is 17.0. The Hall–Kier alpha value is -6.84. The summed E-state index contributed by atoms with van der Waals surface area (Å²) in [6.45, 7) is 0. The van der Waals surface area contributed by atoms with E-state index in [1.165, 1.54) is 50.4 Å². The highest BCUT2D eigenvalue weighted by Crippen LogP contribution is 2.60. The summed E-state index contributed by atoms with van der Waals surface area (Å²) >= 11 is 0. The van der Waals surface area contributed by atoms with E-state index < -0.39 is 0 Å². The molecule has 0 bridgehead atoms. The fraction of sp³-hybridized carbons (Fsp3) is 0.0943. The SMILES string of the molecule is c1ccc(-c2ccccc2N(c2ccccc2)c2cccc3c2[C@]2(CCc4cccc(N(c5ccccc5)c5ccc6oc7ccccc7c6c5)c42)CC3)cc1. The number of anilines is 6. The second-order valence-corrected chi connectivity index (χ2v) is 15.2. The summed E-state index contributed by atoms with van der Waals surface area (Å²) in [6, 6.07) is 70.6. The predicted octanol–water partition coefficient (Wildman–Crippen LogP) is 14.4. The monoisotopic (exact) mass is 720 g/mol. The second-order valence-electron chi connectivity index (χ2n) is 15.2. The van der Waals surface area contributed by atoms with Gasteiger partial charge in [0.05, 0.1) is 17.1 Å². The lowest BCUT2D eigenvalue weighted by Crippen LogP contribution is -2.27. The molecule has 0 amide bonds. The van der Waals surface area contributed by atoms with Crippen LogP contribution in [0.3, 0.4) is 0 Å². The zero-order valence-corrected chi connectivity index (χ0v) is 31.1. The van der Waals surface area contributed by atoms with Crippen LogP contribution in [0.2, 0.25) is 0 Å². The van der Waals surface area contributed by atoms with E-state index in [2.05, 4.69) is 198 Å². The lowest BCUT2D eigenvalue weighted by molar-refractivity contribution is 0.508. The van der Waals surface area contributed by atoms with Gasteiger partial charge in [0.2, 0.25) is 0 Å². The fourth-order valence-electron chi connectivity index (χ4n) is 9.89. The van der Waals surface area contributed by atoms with Crippen LogP contribution in [0.25, 0.3) is 33.1 Å². The van der Waals surface area contributed by atoms with E-state index in [0.29, 0.717) is 0 Å². The average molecular weight is 721 g/mol. The summed E-state index contributed by atoms with van der Waals surface area (Å²) < 4.78 is 6.31. The number of benzene rings is 8. The summed E-state index contributed by atoms with van der Waals surface area (Å²) in [5, 5.41) is 2.27. The minimum atomic E-state index is -0.175. The Morgan fingerprint density at radius 3 is 1.62 bits per heavy atom. The maximum Gasteiger partial charge on any atom is 0.135 e. The molecule has 56 heavy (non-hydrogen) atoms. The first kappa shape index (κ1) is 32.6. The number of hydrogen-bond acceptors (Lipinski definition) is 3. The van der Waals surface area contributed by atoms with E-state index in [0.717, 1.165) is 64.7 Å². The molecule has 0 saturated heterocycles. The van der Waals surface area contributed by atoms with Gasteiger partial charge in [0, 0.05) is 38.8 Å². The first-order valence-electron chi connectivity index (χ1n) is 19.8. The third kappa shape index (κ3) is 5.12. The smallest absolute Gasteiger partial charge is 0.135 e. The third-order valence-electron chi connectivity index (χ3n) is 12.2. The molecule has 2 aliphatic rings. The molecule has 0 N–H and O–H groups in total. The number of furan rings is 1. The topological polar surface area (TPSA) is 19.6 Å². The van der Waals surface area contributed by atoms with Crippen LogP contribution < -0.4 is 9.80 Å². The molecular formula is C53H40N2O. The average Bonchev–Trinajstić information content (AvgIpc) is 3.96. The van der Waals surface area contributed by atoms with Crippen molar-refractivity contribution in [1.29, 1.82) is 0 Å². The van der Waals surface area contributed by atoms with Gasteiger partial charge in [0.1, 0.15) is 11.2 Å². The van der Waals surface area contributed by atoms with Gasteiger partial charge in [-0.05, 0) is 120 Å². The van der Waals surface area contributed by atoms with Crippen molar-refractivity contribution >= 4 is 56.1 Å². The molecule has 8 aromatic carbocycles. The van der Waals surface area contributed by atoms with Gasteiger partial charge in [-0.25, -0.2) is 0 Å². The maximum atomic E-state index is 6.31. The van der Waals surface area contributed by atoms with Gasteiger partial charge < -0.3 is 14.2 Å². The summed E-state index contributed by atoms with van der Waals surface area (Å²) in [5.74, 6) is 0. The maximum absolute atomic E-state index is 6.31. The van der Waals surface area contributed by atoms with Crippen molar-refractivity contribution in [1.82, 2.24) is 0 Å². The van der Waals surface area contributed by atoms with Crippen LogP contribution in [-0.2, 0) is 18.3 Å². The van der Waals surface area contributed by atoms with Crippen molar-refractivity contribution in [3.05, 3.63) is 216 Å². The molecule has 3 heteroatoms. The molecule has 0 aliphatic heterocycles. The van der Waals surface area contributed by atoms with E-state index in [4.69, 9.17) is 4.42 Å². The van der Waals surface area contributed by atoms with E-state index in [9.17, 15) is 0 Å². The highest BCUT2D eigenvalue weighted by molar-refractivity contribution is 6.06. The van der Waals surface area contributed by atoms with E-state index in [1.54, 1.807) is 0 Å². The summed E-state index contributed by atoms with van der Waals surface area (Å²) in [6.07, 6.45) is 4.22. The molecule has 0 saturated carbocycles. The molecule has 1 aromatic heterocycles. The van der Waals surface area contributed by atoms with Crippen LogP contribution in [0.15, 0.2) is 199 Å². The van der Waals surface area contributed by atoms with Crippen LogP contribution in [0, 0.1) is 0 Å². The van der Waals surface area contributed by atoms with Gasteiger partial charge in [0.25, 0.3) is 0 Å². The third-order valence-corrected chi connectivity index (χ3v) is 12.2. The second kappa shape index (κ2) is 13.2. The normalized spacial score (nSPS) is 15.6.